The zero-order chi connectivity index (χ0) is 15.4. The van der Waals surface area contributed by atoms with Gasteiger partial charge in [-0.1, -0.05) is 25.5 Å². The van der Waals surface area contributed by atoms with Crippen LogP contribution < -0.4 is 10.1 Å². The van der Waals surface area contributed by atoms with Gasteiger partial charge >= 0.3 is 0 Å². The van der Waals surface area contributed by atoms with Crippen molar-refractivity contribution in [2.24, 2.45) is 5.92 Å². The molecule has 2 rings (SSSR count). The second-order valence-corrected chi connectivity index (χ2v) is 5.86. The second kappa shape index (κ2) is 6.74. The van der Waals surface area contributed by atoms with Crippen LogP contribution in [0.25, 0.3) is 0 Å². The maximum absolute atomic E-state index is 12.1. The Hall–Kier alpha value is -1.84. The SMILES string of the molecule is CCCC1C(=O)NC(=O)CC1c1cccc(OC(C)C)c1. The van der Waals surface area contributed by atoms with Crippen LogP contribution >= 0.6 is 0 Å². The molecule has 1 fully saturated rings. The summed E-state index contributed by atoms with van der Waals surface area (Å²) in [7, 11) is 0. The molecule has 1 heterocycles. The van der Waals surface area contributed by atoms with Crippen molar-refractivity contribution in [1.29, 1.82) is 0 Å². The Morgan fingerprint density at radius 1 is 1.33 bits per heavy atom. The Kier molecular flexibility index (Phi) is 4.99. The zero-order valence-corrected chi connectivity index (χ0v) is 12.9. The highest BCUT2D eigenvalue weighted by Crippen LogP contribution is 2.35. The molecule has 2 unspecified atom stereocenters. The third kappa shape index (κ3) is 3.84. The lowest BCUT2D eigenvalue weighted by Gasteiger charge is -2.30. The van der Waals surface area contributed by atoms with Gasteiger partial charge in [0.1, 0.15) is 5.75 Å². The van der Waals surface area contributed by atoms with Gasteiger partial charge in [-0.25, -0.2) is 0 Å². The first-order valence-corrected chi connectivity index (χ1v) is 7.61. The number of hydrogen-bond acceptors (Lipinski definition) is 3. The molecule has 0 aliphatic carbocycles. The highest BCUT2D eigenvalue weighted by Gasteiger charge is 2.36. The molecule has 1 aromatic rings. The number of rotatable bonds is 5. The lowest BCUT2D eigenvalue weighted by molar-refractivity contribution is -0.137. The van der Waals surface area contributed by atoms with Crippen LogP contribution in [0.1, 0.15) is 51.5 Å². The van der Waals surface area contributed by atoms with Gasteiger partial charge in [-0.15, -0.1) is 0 Å². The Morgan fingerprint density at radius 3 is 2.76 bits per heavy atom. The standard InChI is InChI=1S/C17H23NO3/c1-4-6-14-15(10-16(19)18-17(14)20)12-7-5-8-13(9-12)21-11(2)3/h5,7-9,11,14-15H,4,6,10H2,1-3H3,(H,18,19,20). The smallest absolute Gasteiger partial charge is 0.230 e. The van der Waals surface area contributed by atoms with Crippen LogP contribution in [0, 0.1) is 5.92 Å². The van der Waals surface area contributed by atoms with Gasteiger partial charge in [0.05, 0.1) is 6.10 Å². The first-order chi connectivity index (χ1) is 10.0. The van der Waals surface area contributed by atoms with Crippen molar-refractivity contribution in [3.8, 4) is 5.75 Å². The third-order valence-corrected chi connectivity index (χ3v) is 3.75. The summed E-state index contributed by atoms with van der Waals surface area (Å²) in [5.74, 6) is 0.265. The lowest BCUT2D eigenvalue weighted by atomic mass is 9.78. The van der Waals surface area contributed by atoms with Crippen molar-refractivity contribution in [2.75, 3.05) is 0 Å². The van der Waals surface area contributed by atoms with Gasteiger partial charge in [0, 0.05) is 18.3 Å². The quantitative estimate of drug-likeness (QED) is 0.848. The Balaban J connectivity index is 2.27. The maximum Gasteiger partial charge on any atom is 0.230 e. The normalized spacial score (nSPS) is 22.3. The monoisotopic (exact) mass is 289 g/mol. The second-order valence-electron chi connectivity index (χ2n) is 5.86. The average Bonchev–Trinajstić information content (AvgIpc) is 2.41. The molecule has 0 saturated carbocycles. The minimum Gasteiger partial charge on any atom is -0.491 e. The van der Waals surface area contributed by atoms with E-state index in [4.69, 9.17) is 4.74 Å². The van der Waals surface area contributed by atoms with Gasteiger partial charge in [0.25, 0.3) is 0 Å². The van der Waals surface area contributed by atoms with E-state index in [9.17, 15) is 9.59 Å². The van der Waals surface area contributed by atoms with E-state index in [2.05, 4.69) is 12.2 Å². The van der Waals surface area contributed by atoms with Gasteiger partial charge in [0.15, 0.2) is 0 Å². The average molecular weight is 289 g/mol. The van der Waals surface area contributed by atoms with Crippen LogP contribution in [-0.4, -0.2) is 17.9 Å². The Morgan fingerprint density at radius 2 is 2.10 bits per heavy atom. The van der Waals surface area contributed by atoms with Crippen LogP contribution in [-0.2, 0) is 9.59 Å². The van der Waals surface area contributed by atoms with E-state index in [1.54, 1.807) is 0 Å². The summed E-state index contributed by atoms with van der Waals surface area (Å²) in [6.45, 7) is 6.01. The third-order valence-electron chi connectivity index (χ3n) is 3.75. The summed E-state index contributed by atoms with van der Waals surface area (Å²) in [5.41, 5.74) is 1.01. The molecule has 0 radical (unpaired) electrons. The van der Waals surface area contributed by atoms with Crippen molar-refractivity contribution in [3.63, 3.8) is 0 Å². The van der Waals surface area contributed by atoms with Gasteiger partial charge in [-0.3, -0.25) is 14.9 Å². The molecule has 4 nitrogen and oxygen atoms in total. The number of carbonyl (C=O) groups excluding carboxylic acids is 2. The zero-order valence-electron chi connectivity index (χ0n) is 12.9. The van der Waals surface area contributed by atoms with E-state index < -0.39 is 0 Å². The number of hydrogen-bond donors (Lipinski definition) is 1. The molecular formula is C17H23NO3. The molecule has 1 N–H and O–H groups in total. The molecule has 4 heteroatoms. The van der Waals surface area contributed by atoms with E-state index in [1.807, 2.05) is 38.1 Å². The fraction of sp³-hybridized carbons (Fsp3) is 0.529. The fourth-order valence-corrected chi connectivity index (χ4v) is 2.89. The number of ether oxygens (including phenoxy) is 1. The first kappa shape index (κ1) is 15.5. The van der Waals surface area contributed by atoms with E-state index in [-0.39, 0.29) is 29.8 Å². The number of nitrogens with one attached hydrogen (secondary N) is 1. The highest BCUT2D eigenvalue weighted by atomic mass is 16.5. The van der Waals surface area contributed by atoms with Gasteiger partial charge in [-0.05, 0) is 38.0 Å². The summed E-state index contributed by atoms with van der Waals surface area (Å²) >= 11 is 0. The molecule has 21 heavy (non-hydrogen) atoms. The van der Waals surface area contributed by atoms with E-state index in [1.165, 1.54) is 0 Å². The summed E-state index contributed by atoms with van der Waals surface area (Å²) in [6.07, 6.45) is 2.17. The predicted octanol–water partition coefficient (Wildman–Crippen LogP) is 3.02. The van der Waals surface area contributed by atoms with Crippen molar-refractivity contribution < 1.29 is 14.3 Å². The predicted molar refractivity (Wildman–Crippen MR) is 81.1 cm³/mol. The van der Waals surface area contributed by atoms with Gasteiger partial charge in [0.2, 0.25) is 11.8 Å². The summed E-state index contributed by atoms with van der Waals surface area (Å²) in [5, 5.41) is 2.45. The molecule has 1 aliphatic heterocycles. The largest absolute Gasteiger partial charge is 0.491 e. The number of imide groups is 1. The fourth-order valence-electron chi connectivity index (χ4n) is 2.89. The van der Waals surface area contributed by atoms with Crippen molar-refractivity contribution in [1.82, 2.24) is 5.32 Å². The lowest BCUT2D eigenvalue weighted by Crippen LogP contribution is -2.44. The highest BCUT2D eigenvalue weighted by molar-refractivity contribution is 5.99. The minimum absolute atomic E-state index is 0.0538. The molecule has 0 bridgehead atoms. The molecule has 1 saturated heterocycles. The van der Waals surface area contributed by atoms with Crippen LogP contribution in [0.2, 0.25) is 0 Å². The first-order valence-electron chi connectivity index (χ1n) is 7.61. The van der Waals surface area contributed by atoms with Crippen LogP contribution in [0.5, 0.6) is 5.75 Å². The topological polar surface area (TPSA) is 55.4 Å². The molecule has 0 aromatic heterocycles. The maximum atomic E-state index is 12.1. The molecule has 2 amide bonds. The summed E-state index contributed by atoms with van der Waals surface area (Å²) in [6, 6.07) is 7.77. The molecule has 1 aliphatic rings. The van der Waals surface area contributed by atoms with Gasteiger partial charge in [-0.2, -0.15) is 0 Å². The van der Waals surface area contributed by atoms with Crippen molar-refractivity contribution in [3.05, 3.63) is 29.8 Å². The number of piperidine rings is 1. The molecule has 1 aromatic carbocycles. The Bertz CT molecular complexity index is 525. The van der Waals surface area contributed by atoms with E-state index in [0.717, 1.165) is 24.2 Å². The molecular weight excluding hydrogens is 266 g/mol. The number of benzene rings is 1. The van der Waals surface area contributed by atoms with Crippen LogP contribution in [0.3, 0.4) is 0 Å². The Labute approximate surface area is 125 Å². The number of carbonyl (C=O) groups is 2. The van der Waals surface area contributed by atoms with E-state index in [0.29, 0.717) is 6.42 Å². The van der Waals surface area contributed by atoms with Gasteiger partial charge < -0.3 is 4.74 Å². The minimum atomic E-state index is -0.187. The van der Waals surface area contributed by atoms with Crippen molar-refractivity contribution in [2.45, 2.75) is 52.1 Å². The molecule has 2 atom stereocenters. The molecule has 114 valence electrons. The van der Waals surface area contributed by atoms with Crippen LogP contribution in [0.4, 0.5) is 0 Å². The number of amides is 2. The summed E-state index contributed by atoms with van der Waals surface area (Å²) < 4.78 is 5.71. The van der Waals surface area contributed by atoms with Crippen molar-refractivity contribution >= 4 is 11.8 Å². The van der Waals surface area contributed by atoms with E-state index >= 15 is 0 Å². The summed E-state index contributed by atoms with van der Waals surface area (Å²) in [4.78, 5) is 23.8. The van der Waals surface area contributed by atoms with Crippen LogP contribution in [0.15, 0.2) is 24.3 Å². The molecule has 0 spiro atoms.